The second-order valence-corrected chi connectivity index (χ2v) is 4.92. The first-order valence-corrected chi connectivity index (χ1v) is 6.84. The summed E-state index contributed by atoms with van der Waals surface area (Å²) in [5.74, 6) is -0.386. The van der Waals surface area contributed by atoms with Crippen LogP contribution < -0.4 is 4.90 Å². The molecule has 0 aliphatic rings. The smallest absolute Gasteiger partial charge is 0.337 e. The molecule has 5 heteroatoms. The molecule has 2 rings (SSSR count). The van der Waals surface area contributed by atoms with Crippen LogP contribution in [0.3, 0.4) is 0 Å². The van der Waals surface area contributed by atoms with Gasteiger partial charge in [-0.2, -0.15) is 5.26 Å². The Morgan fingerprint density at radius 2 is 2.10 bits per heavy atom. The van der Waals surface area contributed by atoms with Gasteiger partial charge in [-0.25, -0.2) is 9.78 Å². The van der Waals surface area contributed by atoms with E-state index >= 15 is 0 Å². The largest absolute Gasteiger partial charge is 0.478 e. The van der Waals surface area contributed by atoms with Crippen LogP contribution in [0.2, 0.25) is 0 Å². The molecule has 0 spiro atoms. The van der Waals surface area contributed by atoms with E-state index in [1.165, 1.54) is 6.20 Å². The van der Waals surface area contributed by atoms with Crippen molar-refractivity contribution in [3.63, 3.8) is 0 Å². The van der Waals surface area contributed by atoms with Gasteiger partial charge in [-0.3, -0.25) is 0 Å². The van der Waals surface area contributed by atoms with Crippen LogP contribution in [0.25, 0.3) is 10.8 Å². The Hall–Kier alpha value is -2.61. The fourth-order valence-corrected chi connectivity index (χ4v) is 2.34. The van der Waals surface area contributed by atoms with Crippen molar-refractivity contribution in [2.75, 3.05) is 18.0 Å². The molecule has 0 saturated heterocycles. The van der Waals surface area contributed by atoms with Crippen molar-refractivity contribution in [3.8, 4) is 6.07 Å². The number of aromatic nitrogens is 1. The molecule has 2 aromatic rings. The zero-order valence-corrected chi connectivity index (χ0v) is 12.1. The van der Waals surface area contributed by atoms with Gasteiger partial charge in [0.15, 0.2) is 0 Å². The summed E-state index contributed by atoms with van der Waals surface area (Å²) < 4.78 is 0. The number of fused-ring (bicyclic) bond motifs is 1. The summed E-state index contributed by atoms with van der Waals surface area (Å²) in [6, 6.07) is 9.54. The van der Waals surface area contributed by atoms with E-state index in [1.807, 2.05) is 36.9 Å². The molecule has 21 heavy (non-hydrogen) atoms. The minimum absolute atomic E-state index is 0.121. The molecule has 0 bridgehead atoms. The lowest BCUT2D eigenvalue weighted by atomic mass is 10.1. The Balaban J connectivity index is 2.57. The number of pyridine rings is 1. The summed E-state index contributed by atoms with van der Waals surface area (Å²) >= 11 is 0. The van der Waals surface area contributed by atoms with E-state index in [0.717, 1.165) is 11.2 Å². The summed E-state index contributed by atoms with van der Waals surface area (Å²) in [5, 5.41) is 19.7. The Labute approximate surface area is 123 Å². The number of nitrogens with zero attached hydrogens (tertiary/aromatic N) is 3. The Bertz CT molecular complexity index is 706. The van der Waals surface area contributed by atoms with Gasteiger partial charge in [-0.05, 0) is 13.8 Å². The summed E-state index contributed by atoms with van der Waals surface area (Å²) in [4.78, 5) is 17.6. The van der Waals surface area contributed by atoms with Crippen LogP contribution in [0, 0.1) is 17.2 Å². The molecule has 1 atom stereocenters. The maximum Gasteiger partial charge on any atom is 0.337 e. The quantitative estimate of drug-likeness (QED) is 0.912. The third kappa shape index (κ3) is 2.95. The standard InChI is InChI=1S/C16H17N3O2/c1-3-19(10-11(2)8-17)15-13-7-5-4-6-12(13)14(9-18-15)16(20)21/h4-7,9,11H,3,10H2,1-2H3,(H,20,21). The highest BCUT2D eigenvalue weighted by molar-refractivity contribution is 6.06. The van der Waals surface area contributed by atoms with E-state index < -0.39 is 5.97 Å². The molecule has 1 N–H and O–H groups in total. The van der Waals surface area contributed by atoms with Gasteiger partial charge in [0.1, 0.15) is 5.82 Å². The zero-order chi connectivity index (χ0) is 15.4. The van der Waals surface area contributed by atoms with Gasteiger partial charge in [0.2, 0.25) is 0 Å². The highest BCUT2D eigenvalue weighted by Gasteiger charge is 2.17. The number of carboxylic acid groups (broad SMARTS) is 1. The molecule has 0 aliphatic carbocycles. The first-order valence-electron chi connectivity index (χ1n) is 6.84. The van der Waals surface area contributed by atoms with Gasteiger partial charge in [0.05, 0.1) is 17.6 Å². The number of hydrogen-bond acceptors (Lipinski definition) is 4. The van der Waals surface area contributed by atoms with Gasteiger partial charge in [0.25, 0.3) is 0 Å². The van der Waals surface area contributed by atoms with Gasteiger partial charge in [-0.1, -0.05) is 24.3 Å². The molecule has 0 fully saturated rings. The molecule has 1 unspecified atom stereocenters. The minimum atomic E-state index is -0.987. The van der Waals surface area contributed by atoms with Crippen LogP contribution >= 0.6 is 0 Å². The van der Waals surface area contributed by atoms with Crippen molar-refractivity contribution in [2.24, 2.45) is 5.92 Å². The fraction of sp³-hybridized carbons (Fsp3) is 0.312. The molecular weight excluding hydrogens is 266 g/mol. The van der Waals surface area contributed by atoms with Gasteiger partial charge < -0.3 is 10.0 Å². The summed E-state index contributed by atoms with van der Waals surface area (Å²) in [5.41, 5.74) is 0.193. The molecule has 1 heterocycles. The summed E-state index contributed by atoms with van der Waals surface area (Å²) in [6.45, 7) is 5.12. The summed E-state index contributed by atoms with van der Waals surface area (Å²) in [7, 11) is 0. The Morgan fingerprint density at radius 3 is 2.67 bits per heavy atom. The normalized spacial score (nSPS) is 11.9. The van der Waals surface area contributed by atoms with Crippen LogP contribution in [0.1, 0.15) is 24.2 Å². The second kappa shape index (κ2) is 6.23. The lowest BCUT2D eigenvalue weighted by Gasteiger charge is -2.24. The minimum Gasteiger partial charge on any atom is -0.478 e. The van der Waals surface area contributed by atoms with Gasteiger partial charge >= 0.3 is 5.97 Å². The molecule has 1 aromatic carbocycles. The van der Waals surface area contributed by atoms with Crippen LogP contribution in [-0.4, -0.2) is 29.1 Å². The third-order valence-corrected chi connectivity index (χ3v) is 3.40. The van der Waals surface area contributed by atoms with E-state index in [4.69, 9.17) is 5.26 Å². The van der Waals surface area contributed by atoms with E-state index in [-0.39, 0.29) is 11.5 Å². The number of benzene rings is 1. The molecule has 5 nitrogen and oxygen atoms in total. The lowest BCUT2D eigenvalue weighted by molar-refractivity contribution is 0.0698. The monoisotopic (exact) mass is 283 g/mol. The number of hydrogen-bond donors (Lipinski definition) is 1. The maximum absolute atomic E-state index is 11.3. The number of carbonyl (C=O) groups is 1. The summed E-state index contributed by atoms with van der Waals surface area (Å²) in [6.07, 6.45) is 1.39. The van der Waals surface area contributed by atoms with Crippen LogP contribution in [0.5, 0.6) is 0 Å². The highest BCUT2D eigenvalue weighted by Crippen LogP contribution is 2.27. The van der Waals surface area contributed by atoms with Gasteiger partial charge in [0, 0.05) is 30.1 Å². The van der Waals surface area contributed by atoms with Crippen molar-refractivity contribution >= 4 is 22.6 Å². The predicted molar refractivity (Wildman–Crippen MR) is 81.4 cm³/mol. The molecule has 1 aromatic heterocycles. The van der Waals surface area contributed by atoms with E-state index in [2.05, 4.69) is 11.1 Å². The topological polar surface area (TPSA) is 77.2 Å². The van der Waals surface area contributed by atoms with Gasteiger partial charge in [-0.15, -0.1) is 0 Å². The van der Waals surface area contributed by atoms with Crippen LogP contribution in [0.15, 0.2) is 30.5 Å². The average molecular weight is 283 g/mol. The number of nitriles is 1. The first kappa shape index (κ1) is 14.8. The third-order valence-electron chi connectivity index (χ3n) is 3.40. The Morgan fingerprint density at radius 1 is 1.43 bits per heavy atom. The van der Waals surface area contributed by atoms with Crippen molar-refractivity contribution in [3.05, 3.63) is 36.0 Å². The zero-order valence-electron chi connectivity index (χ0n) is 12.1. The maximum atomic E-state index is 11.3. The number of aromatic carboxylic acids is 1. The predicted octanol–water partition coefficient (Wildman–Crippen LogP) is 2.92. The molecule has 0 saturated carbocycles. The average Bonchev–Trinajstić information content (AvgIpc) is 2.51. The number of anilines is 1. The lowest BCUT2D eigenvalue weighted by Crippen LogP contribution is -2.28. The molecule has 108 valence electrons. The molecule has 0 aliphatic heterocycles. The van der Waals surface area contributed by atoms with Crippen LogP contribution in [0.4, 0.5) is 5.82 Å². The van der Waals surface area contributed by atoms with Crippen molar-refractivity contribution < 1.29 is 9.90 Å². The van der Waals surface area contributed by atoms with Crippen molar-refractivity contribution in [1.82, 2.24) is 4.98 Å². The van der Waals surface area contributed by atoms with Crippen molar-refractivity contribution in [1.29, 1.82) is 5.26 Å². The molecule has 0 amide bonds. The SMILES string of the molecule is CCN(CC(C)C#N)c1ncc(C(=O)O)c2ccccc12. The van der Waals surface area contributed by atoms with Crippen molar-refractivity contribution in [2.45, 2.75) is 13.8 Å². The highest BCUT2D eigenvalue weighted by atomic mass is 16.4. The molecular formula is C16H17N3O2. The van der Waals surface area contributed by atoms with E-state index in [9.17, 15) is 9.90 Å². The Kier molecular flexibility index (Phi) is 4.39. The van der Waals surface area contributed by atoms with E-state index in [0.29, 0.717) is 18.5 Å². The number of carboxylic acids is 1. The second-order valence-electron chi connectivity index (χ2n) is 4.92. The van der Waals surface area contributed by atoms with Crippen LogP contribution in [-0.2, 0) is 0 Å². The van der Waals surface area contributed by atoms with E-state index in [1.54, 1.807) is 6.07 Å². The molecule has 0 radical (unpaired) electrons. The number of rotatable bonds is 5. The first-order chi connectivity index (χ1) is 10.1. The fourth-order valence-electron chi connectivity index (χ4n) is 2.34.